The van der Waals surface area contributed by atoms with Crippen LogP contribution in [0.25, 0.3) is 10.7 Å². The van der Waals surface area contributed by atoms with Crippen molar-refractivity contribution in [2.45, 2.75) is 13.1 Å². The first-order valence-corrected chi connectivity index (χ1v) is 8.59. The van der Waals surface area contributed by atoms with Gasteiger partial charge in [0.25, 0.3) is 10.0 Å². The van der Waals surface area contributed by atoms with Crippen LogP contribution in [-0.4, -0.2) is 36.0 Å². The van der Waals surface area contributed by atoms with Crippen molar-refractivity contribution in [2.24, 2.45) is 7.05 Å². The van der Waals surface area contributed by atoms with Gasteiger partial charge < -0.3 is 5.11 Å². The number of aliphatic hydroxyl groups is 1. The highest BCUT2D eigenvalue weighted by molar-refractivity contribution is 8.02. The van der Waals surface area contributed by atoms with Gasteiger partial charge >= 0.3 is 6.18 Å². The van der Waals surface area contributed by atoms with E-state index >= 15 is 0 Å². The maximum Gasteiger partial charge on any atom is 0.407 e. The minimum absolute atomic E-state index is 0.0696. The van der Waals surface area contributed by atoms with Gasteiger partial charge in [-0.1, -0.05) is 24.3 Å². The van der Waals surface area contributed by atoms with Crippen molar-refractivity contribution in [1.82, 2.24) is 9.78 Å². The van der Waals surface area contributed by atoms with E-state index < -0.39 is 33.4 Å². The number of rotatable bonds is 2. The van der Waals surface area contributed by atoms with Gasteiger partial charge in [0, 0.05) is 12.6 Å². The van der Waals surface area contributed by atoms with Crippen LogP contribution < -0.4 is 4.31 Å². The zero-order chi connectivity index (χ0) is 18.6. The number of hydrogen-bond donors (Lipinski definition) is 1. The smallest absolute Gasteiger partial charge is 0.407 e. The van der Waals surface area contributed by atoms with Crippen molar-refractivity contribution in [3.8, 4) is 0 Å². The monoisotopic (exact) mass is 373 g/mol. The minimum Gasteiger partial charge on any atom is -0.506 e. The molecular weight excluding hydrogens is 359 g/mol. The summed E-state index contributed by atoms with van der Waals surface area (Å²) in [5, 5.41) is 14.3. The Labute approximate surface area is 141 Å². The SMILES string of the molecule is Cc1ccccc1C1=C(O)c2cnn(C)c2N(CC(F)(F)F)S1(=O)=O. The predicted molar refractivity (Wildman–Crippen MR) is 86.2 cm³/mol. The highest BCUT2D eigenvalue weighted by Crippen LogP contribution is 2.43. The molecule has 3 rings (SSSR count). The molecule has 0 radical (unpaired) electrons. The number of aliphatic hydroxyl groups excluding tert-OH is 1. The van der Waals surface area contributed by atoms with Crippen LogP contribution in [0.3, 0.4) is 0 Å². The predicted octanol–water partition coefficient (Wildman–Crippen LogP) is 2.82. The van der Waals surface area contributed by atoms with Crippen LogP contribution in [0, 0.1) is 6.92 Å². The number of hydrogen-bond acceptors (Lipinski definition) is 4. The van der Waals surface area contributed by atoms with Crippen molar-refractivity contribution in [3.05, 3.63) is 47.2 Å². The van der Waals surface area contributed by atoms with Crippen LogP contribution in [0.5, 0.6) is 0 Å². The summed E-state index contributed by atoms with van der Waals surface area (Å²) in [5.74, 6) is -0.942. The molecule has 10 heteroatoms. The summed E-state index contributed by atoms with van der Waals surface area (Å²) in [6.07, 6.45) is -3.63. The highest BCUT2D eigenvalue weighted by Gasteiger charge is 2.45. The number of nitrogens with zero attached hydrogens (tertiary/aromatic N) is 3. The Kier molecular flexibility index (Phi) is 3.82. The summed E-state index contributed by atoms with van der Waals surface area (Å²) in [5.41, 5.74) is 0.577. The molecule has 134 valence electrons. The van der Waals surface area contributed by atoms with E-state index in [-0.39, 0.29) is 21.2 Å². The molecule has 0 spiro atoms. The fourth-order valence-corrected chi connectivity index (χ4v) is 4.62. The summed E-state index contributed by atoms with van der Waals surface area (Å²) in [7, 11) is -3.34. The summed E-state index contributed by atoms with van der Waals surface area (Å²) in [6, 6.07) is 6.25. The molecular formula is C15H14F3N3O3S. The maximum atomic E-state index is 13.0. The third-order valence-corrected chi connectivity index (χ3v) is 5.69. The Bertz CT molecular complexity index is 977. The van der Waals surface area contributed by atoms with E-state index in [9.17, 15) is 26.7 Å². The van der Waals surface area contributed by atoms with Crippen molar-refractivity contribution in [3.63, 3.8) is 0 Å². The standard InChI is InChI=1S/C15H14F3N3O3S/c1-9-5-3-4-6-10(9)13-12(22)11-7-19-20(2)14(11)21(25(13,23)24)8-15(16,17)18/h3-7,22H,8H2,1-2H3. The van der Waals surface area contributed by atoms with Crippen LogP contribution in [0.4, 0.5) is 19.0 Å². The number of anilines is 1. The van der Waals surface area contributed by atoms with Gasteiger partial charge in [0.1, 0.15) is 17.2 Å². The van der Waals surface area contributed by atoms with E-state index in [0.717, 1.165) is 10.9 Å². The van der Waals surface area contributed by atoms with Crippen molar-refractivity contribution < 1.29 is 26.7 Å². The second-order valence-electron chi connectivity index (χ2n) is 5.62. The minimum atomic E-state index is -4.77. The van der Waals surface area contributed by atoms with Crippen LogP contribution in [-0.2, 0) is 17.1 Å². The number of halogens is 3. The molecule has 0 unspecified atom stereocenters. The lowest BCUT2D eigenvalue weighted by molar-refractivity contribution is -0.117. The molecule has 0 amide bonds. The van der Waals surface area contributed by atoms with Gasteiger partial charge in [-0.25, -0.2) is 12.7 Å². The van der Waals surface area contributed by atoms with Gasteiger partial charge in [0.2, 0.25) is 0 Å². The lowest BCUT2D eigenvalue weighted by atomic mass is 10.1. The number of fused-ring (bicyclic) bond motifs is 1. The molecule has 0 saturated heterocycles. The topological polar surface area (TPSA) is 75.4 Å². The maximum absolute atomic E-state index is 13.0. The number of benzene rings is 1. The number of sulfonamides is 1. The molecule has 0 aliphatic carbocycles. The molecule has 1 aliphatic heterocycles. The van der Waals surface area contributed by atoms with Crippen LogP contribution >= 0.6 is 0 Å². The largest absolute Gasteiger partial charge is 0.506 e. The lowest BCUT2D eigenvalue weighted by Gasteiger charge is -2.31. The molecule has 1 aromatic heterocycles. The lowest BCUT2D eigenvalue weighted by Crippen LogP contribution is -2.42. The van der Waals surface area contributed by atoms with E-state index in [2.05, 4.69) is 5.10 Å². The fourth-order valence-electron chi connectivity index (χ4n) is 2.78. The first kappa shape index (κ1) is 17.3. The van der Waals surface area contributed by atoms with E-state index in [4.69, 9.17) is 0 Å². The van der Waals surface area contributed by atoms with Crippen LogP contribution in [0.1, 0.15) is 16.7 Å². The Morgan fingerprint density at radius 1 is 1.20 bits per heavy atom. The molecule has 0 fully saturated rings. The molecule has 25 heavy (non-hydrogen) atoms. The summed E-state index contributed by atoms with van der Waals surface area (Å²) < 4.78 is 66.1. The highest BCUT2D eigenvalue weighted by atomic mass is 32.2. The fraction of sp³-hybridized carbons (Fsp3) is 0.267. The van der Waals surface area contributed by atoms with Gasteiger partial charge in [-0.15, -0.1) is 0 Å². The van der Waals surface area contributed by atoms with E-state index in [0.29, 0.717) is 5.56 Å². The zero-order valence-electron chi connectivity index (χ0n) is 13.2. The van der Waals surface area contributed by atoms with Crippen molar-refractivity contribution in [2.75, 3.05) is 10.8 Å². The van der Waals surface area contributed by atoms with Crippen molar-refractivity contribution >= 4 is 26.5 Å². The molecule has 2 aromatic rings. The average molecular weight is 373 g/mol. The number of alkyl halides is 3. The molecule has 0 bridgehead atoms. The molecule has 1 aliphatic rings. The Balaban J connectivity index is 2.34. The third-order valence-electron chi connectivity index (χ3n) is 3.87. The zero-order valence-corrected chi connectivity index (χ0v) is 14.1. The quantitative estimate of drug-likeness (QED) is 0.878. The first-order valence-electron chi connectivity index (χ1n) is 7.15. The van der Waals surface area contributed by atoms with E-state index in [1.807, 2.05) is 0 Å². The van der Waals surface area contributed by atoms with E-state index in [1.165, 1.54) is 13.1 Å². The third kappa shape index (κ3) is 2.76. The van der Waals surface area contributed by atoms with Gasteiger partial charge in [-0.2, -0.15) is 18.3 Å². The van der Waals surface area contributed by atoms with Gasteiger partial charge in [0.15, 0.2) is 5.82 Å². The van der Waals surface area contributed by atoms with Gasteiger partial charge in [0.05, 0.1) is 11.8 Å². The molecule has 0 saturated carbocycles. The second-order valence-corrected chi connectivity index (χ2v) is 7.42. The molecule has 0 atom stereocenters. The Hall–Kier alpha value is -2.49. The van der Waals surface area contributed by atoms with Gasteiger partial charge in [-0.05, 0) is 12.5 Å². The first-order chi connectivity index (χ1) is 11.5. The van der Waals surface area contributed by atoms with Crippen LogP contribution in [0.15, 0.2) is 30.5 Å². The number of aromatic nitrogens is 2. The second kappa shape index (κ2) is 5.51. The summed E-state index contributed by atoms with van der Waals surface area (Å²) in [4.78, 5) is -0.560. The normalized spacial score (nSPS) is 16.9. The van der Waals surface area contributed by atoms with Gasteiger partial charge in [-0.3, -0.25) is 4.68 Å². The molecule has 2 heterocycles. The Morgan fingerprint density at radius 3 is 2.44 bits per heavy atom. The van der Waals surface area contributed by atoms with E-state index in [1.54, 1.807) is 25.1 Å². The molecule has 6 nitrogen and oxygen atoms in total. The Morgan fingerprint density at radius 2 is 1.84 bits per heavy atom. The molecule has 1 N–H and O–H groups in total. The number of aryl methyl sites for hydroxylation is 2. The van der Waals surface area contributed by atoms with Crippen LogP contribution in [0.2, 0.25) is 0 Å². The average Bonchev–Trinajstić information content (AvgIpc) is 2.86. The summed E-state index contributed by atoms with van der Waals surface area (Å²) in [6.45, 7) is -0.109. The molecule has 1 aromatic carbocycles. The van der Waals surface area contributed by atoms with Crippen molar-refractivity contribution in [1.29, 1.82) is 0 Å². The summed E-state index contributed by atoms with van der Waals surface area (Å²) >= 11 is 0.